The van der Waals surface area contributed by atoms with E-state index in [1.54, 1.807) is 4.80 Å². The number of tetrazole rings is 1. The first kappa shape index (κ1) is 21.7. The highest BCUT2D eigenvalue weighted by atomic mass is 15.6. The Morgan fingerprint density at radius 1 is 0.583 bits per heavy atom. The van der Waals surface area contributed by atoms with E-state index in [0.29, 0.717) is 5.82 Å². The largest absolute Gasteiger partial charge is 0.313 e. The van der Waals surface area contributed by atoms with E-state index < -0.39 is 5.54 Å². The van der Waals surface area contributed by atoms with Gasteiger partial charge in [-0.1, -0.05) is 109 Å². The lowest BCUT2D eigenvalue weighted by atomic mass is 9.77. The molecular weight excluding hydrogens is 442 g/mol. The summed E-state index contributed by atoms with van der Waals surface area (Å²) in [7, 11) is 0. The maximum Gasteiger partial charge on any atom is 0.221 e. The molecule has 5 nitrogen and oxygen atoms in total. The minimum atomic E-state index is -0.797. The Hall–Kier alpha value is -4.77. The minimum absolute atomic E-state index is 0.565. The summed E-state index contributed by atoms with van der Waals surface area (Å²) >= 11 is 0. The Morgan fingerprint density at radius 3 is 1.67 bits per heavy atom. The molecule has 0 saturated carbocycles. The molecule has 0 aliphatic heterocycles. The molecule has 174 valence electrons. The zero-order valence-corrected chi connectivity index (χ0v) is 19.9. The van der Waals surface area contributed by atoms with Gasteiger partial charge < -0.3 is 4.57 Å². The zero-order valence-electron chi connectivity index (χ0n) is 19.9. The molecule has 4 aromatic carbocycles. The number of aryl methyl sites for hydroxylation is 1. The van der Waals surface area contributed by atoms with E-state index in [1.807, 2.05) is 48.7 Å². The standard InChI is InChI=1S/C31H25N5/c1-24-14-11-12-21-28(24)35-23-13-22-29(35)30-32-34-36(33-30)31(25-15-5-2-6-16-25,26-17-7-3-8-18-26)27-19-9-4-10-20-27/h2-23H,1H3. The molecule has 0 fully saturated rings. The lowest BCUT2D eigenvalue weighted by Crippen LogP contribution is -2.39. The number of benzene rings is 4. The van der Waals surface area contributed by atoms with Crippen molar-refractivity contribution in [1.29, 1.82) is 0 Å². The SMILES string of the molecule is Cc1ccccc1-n1cccc1-c1nnn(C(c2ccccc2)(c2ccccc2)c2ccccc2)n1. The first-order valence-corrected chi connectivity index (χ1v) is 12.0. The second-order valence-electron chi connectivity index (χ2n) is 8.76. The van der Waals surface area contributed by atoms with Crippen LogP contribution in [0.3, 0.4) is 0 Å². The smallest absolute Gasteiger partial charge is 0.221 e. The summed E-state index contributed by atoms with van der Waals surface area (Å²) in [6, 6.07) is 43.5. The van der Waals surface area contributed by atoms with Crippen LogP contribution in [-0.2, 0) is 5.54 Å². The number of nitrogens with zero attached hydrogens (tertiary/aromatic N) is 5. The molecule has 0 amide bonds. The minimum Gasteiger partial charge on any atom is -0.313 e. The van der Waals surface area contributed by atoms with Crippen molar-refractivity contribution in [1.82, 2.24) is 24.8 Å². The number of para-hydroxylation sites is 1. The Labute approximate surface area is 210 Å². The van der Waals surface area contributed by atoms with Crippen molar-refractivity contribution in [3.8, 4) is 17.2 Å². The van der Waals surface area contributed by atoms with E-state index in [0.717, 1.165) is 28.1 Å². The summed E-state index contributed by atoms with van der Waals surface area (Å²) in [6.45, 7) is 2.11. The van der Waals surface area contributed by atoms with Crippen molar-refractivity contribution in [3.05, 3.63) is 156 Å². The normalized spacial score (nSPS) is 11.5. The fourth-order valence-corrected chi connectivity index (χ4v) is 4.95. The number of hydrogen-bond acceptors (Lipinski definition) is 3. The summed E-state index contributed by atoms with van der Waals surface area (Å²) in [5, 5.41) is 14.3. The first-order valence-electron chi connectivity index (χ1n) is 12.0. The van der Waals surface area contributed by atoms with Crippen molar-refractivity contribution >= 4 is 0 Å². The summed E-state index contributed by atoms with van der Waals surface area (Å²) in [4.78, 5) is 1.76. The van der Waals surface area contributed by atoms with Crippen molar-refractivity contribution < 1.29 is 0 Å². The highest BCUT2D eigenvalue weighted by Gasteiger charge is 2.41. The summed E-state index contributed by atoms with van der Waals surface area (Å²) in [5.41, 5.74) is 5.53. The van der Waals surface area contributed by atoms with Crippen LogP contribution in [-0.4, -0.2) is 24.8 Å². The van der Waals surface area contributed by atoms with Crippen molar-refractivity contribution in [2.24, 2.45) is 0 Å². The average molecular weight is 468 g/mol. The Kier molecular flexibility index (Phi) is 5.51. The molecular formula is C31H25N5. The molecule has 0 aliphatic carbocycles. The van der Waals surface area contributed by atoms with Crippen LogP contribution in [0, 0.1) is 6.92 Å². The topological polar surface area (TPSA) is 48.5 Å². The predicted molar refractivity (Wildman–Crippen MR) is 142 cm³/mol. The quantitative estimate of drug-likeness (QED) is 0.271. The number of aromatic nitrogens is 5. The highest BCUT2D eigenvalue weighted by molar-refractivity contribution is 5.57. The molecule has 0 bridgehead atoms. The fourth-order valence-electron chi connectivity index (χ4n) is 4.95. The molecule has 0 saturated heterocycles. The number of rotatable bonds is 6. The molecule has 2 aromatic heterocycles. The van der Waals surface area contributed by atoms with Crippen LogP contribution in [0.25, 0.3) is 17.2 Å². The lowest BCUT2D eigenvalue weighted by molar-refractivity contribution is 0.395. The molecule has 36 heavy (non-hydrogen) atoms. The van der Waals surface area contributed by atoms with E-state index in [1.165, 1.54) is 5.56 Å². The first-order chi connectivity index (χ1) is 17.8. The van der Waals surface area contributed by atoms with Gasteiger partial charge in [0.25, 0.3) is 0 Å². The van der Waals surface area contributed by atoms with Gasteiger partial charge >= 0.3 is 0 Å². The van der Waals surface area contributed by atoms with Gasteiger partial charge in [0.2, 0.25) is 5.82 Å². The van der Waals surface area contributed by atoms with Crippen LogP contribution in [0.4, 0.5) is 0 Å². The van der Waals surface area contributed by atoms with Crippen LogP contribution in [0.1, 0.15) is 22.3 Å². The van der Waals surface area contributed by atoms with Gasteiger partial charge in [-0.15, -0.1) is 15.0 Å². The zero-order chi connectivity index (χ0) is 24.4. The van der Waals surface area contributed by atoms with E-state index in [2.05, 4.69) is 107 Å². The Balaban J connectivity index is 1.59. The third-order valence-corrected chi connectivity index (χ3v) is 6.64. The average Bonchev–Trinajstić information content (AvgIpc) is 3.62. The van der Waals surface area contributed by atoms with Crippen LogP contribution >= 0.6 is 0 Å². The van der Waals surface area contributed by atoms with Gasteiger partial charge in [-0.3, -0.25) is 0 Å². The predicted octanol–water partition coefficient (Wildman–Crippen LogP) is 6.28. The monoisotopic (exact) mass is 467 g/mol. The van der Waals surface area contributed by atoms with Crippen LogP contribution in [0.2, 0.25) is 0 Å². The molecule has 0 atom stereocenters. The van der Waals surface area contributed by atoms with Gasteiger partial charge in [0.1, 0.15) is 0 Å². The van der Waals surface area contributed by atoms with Crippen molar-refractivity contribution in [2.75, 3.05) is 0 Å². The van der Waals surface area contributed by atoms with Gasteiger partial charge in [-0.25, -0.2) is 0 Å². The molecule has 5 heteroatoms. The molecule has 0 unspecified atom stereocenters. The third kappa shape index (κ3) is 3.53. The maximum atomic E-state index is 5.04. The maximum absolute atomic E-state index is 5.04. The van der Waals surface area contributed by atoms with Crippen molar-refractivity contribution in [2.45, 2.75) is 12.5 Å². The number of hydrogen-bond donors (Lipinski definition) is 0. The Bertz CT molecular complexity index is 1490. The van der Waals surface area contributed by atoms with Gasteiger partial charge in [0.15, 0.2) is 5.54 Å². The van der Waals surface area contributed by atoms with Crippen LogP contribution in [0.5, 0.6) is 0 Å². The second kappa shape index (κ2) is 9.12. The van der Waals surface area contributed by atoms with Crippen LogP contribution in [0.15, 0.2) is 134 Å². The van der Waals surface area contributed by atoms with Gasteiger partial charge in [0.05, 0.1) is 5.69 Å². The van der Waals surface area contributed by atoms with E-state index in [-0.39, 0.29) is 0 Å². The highest BCUT2D eigenvalue weighted by Crippen LogP contribution is 2.40. The molecule has 6 aromatic rings. The molecule has 0 radical (unpaired) electrons. The second-order valence-corrected chi connectivity index (χ2v) is 8.76. The van der Waals surface area contributed by atoms with Gasteiger partial charge in [-0.05, 0) is 52.6 Å². The summed E-state index contributed by atoms with van der Waals surface area (Å²) in [6.07, 6.45) is 2.04. The molecule has 6 rings (SSSR count). The fraction of sp³-hybridized carbons (Fsp3) is 0.0645. The van der Waals surface area contributed by atoms with Crippen LogP contribution < -0.4 is 0 Å². The van der Waals surface area contributed by atoms with E-state index in [9.17, 15) is 0 Å². The van der Waals surface area contributed by atoms with Crippen molar-refractivity contribution in [3.63, 3.8) is 0 Å². The molecule has 0 N–H and O–H groups in total. The van der Waals surface area contributed by atoms with E-state index in [4.69, 9.17) is 5.10 Å². The Morgan fingerprint density at radius 2 is 1.11 bits per heavy atom. The summed E-state index contributed by atoms with van der Waals surface area (Å²) < 4.78 is 2.12. The third-order valence-electron chi connectivity index (χ3n) is 6.64. The molecule has 0 aliphatic rings. The molecule has 0 spiro atoms. The lowest BCUT2D eigenvalue weighted by Gasteiger charge is -2.34. The molecule has 2 heterocycles. The summed E-state index contributed by atoms with van der Waals surface area (Å²) in [5.74, 6) is 0.565. The van der Waals surface area contributed by atoms with Gasteiger partial charge in [0, 0.05) is 11.9 Å². The van der Waals surface area contributed by atoms with E-state index >= 15 is 0 Å². The van der Waals surface area contributed by atoms with Gasteiger partial charge in [-0.2, -0.15) is 0 Å².